The molecule has 2 N–H and O–H groups in total. The lowest BCUT2D eigenvalue weighted by Crippen LogP contribution is -3.00. The van der Waals surface area contributed by atoms with Crippen LogP contribution in [0.2, 0.25) is 0 Å². The van der Waals surface area contributed by atoms with Crippen molar-refractivity contribution >= 4 is 0 Å². The van der Waals surface area contributed by atoms with Crippen molar-refractivity contribution in [3.05, 3.63) is 12.2 Å². The molecule has 25 heavy (non-hydrogen) atoms. The Morgan fingerprint density at radius 3 is 1.48 bits per heavy atom. The summed E-state index contributed by atoms with van der Waals surface area (Å²) in [4.78, 5) is -0.792. The van der Waals surface area contributed by atoms with E-state index < -0.39 is 4.81 Å². The van der Waals surface area contributed by atoms with Crippen LogP contribution in [0.1, 0.15) is 110 Å². The summed E-state index contributed by atoms with van der Waals surface area (Å²) in [5.74, 6) is 0. The molecule has 152 valence electrons. The molecule has 0 unspecified atom stereocenters. The van der Waals surface area contributed by atoms with E-state index in [1.807, 2.05) is 6.92 Å². The minimum Gasteiger partial charge on any atom is -1.00 e. The zero-order chi connectivity index (χ0) is 17.9. The van der Waals surface area contributed by atoms with Crippen molar-refractivity contribution in [2.24, 2.45) is 0 Å². The van der Waals surface area contributed by atoms with Gasteiger partial charge in [-0.3, -0.25) is 0 Å². The summed E-state index contributed by atoms with van der Waals surface area (Å²) >= 11 is 0. The van der Waals surface area contributed by atoms with Gasteiger partial charge in [-0.25, -0.2) is 0 Å². The number of allylic oxidation sites excluding steroid dienone is 2. The van der Waals surface area contributed by atoms with Gasteiger partial charge in [0.25, 0.3) is 0 Å². The molecule has 3 nitrogen and oxygen atoms in total. The van der Waals surface area contributed by atoms with Crippen LogP contribution >= 0.6 is 0 Å². The lowest BCUT2D eigenvalue weighted by molar-refractivity contribution is -1.24. The van der Waals surface area contributed by atoms with Crippen molar-refractivity contribution < 1.29 is 27.6 Å². The molecule has 0 bridgehead atoms. The maximum atomic E-state index is 9.62. The normalized spacial score (nSPS) is 11.8. The van der Waals surface area contributed by atoms with Crippen LogP contribution in [0.15, 0.2) is 12.2 Å². The van der Waals surface area contributed by atoms with Gasteiger partial charge >= 0.3 is 0 Å². The molecule has 0 spiro atoms. The van der Waals surface area contributed by atoms with Gasteiger partial charge in [0.1, 0.15) is 13.1 Å². The number of hydroxylamine groups is 4. The first kappa shape index (κ1) is 27.1. The van der Waals surface area contributed by atoms with Crippen molar-refractivity contribution in [1.82, 2.24) is 0 Å². The summed E-state index contributed by atoms with van der Waals surface area (Å²) < 4.78 is 0. The average Bonchev–Trinajstić information content (AvgIpc) is 2.54. The van der Waals surface area contributed by atoms with E-state index in [1.165, 1.54) is 77.0 Å². The van der Waals surface area contributed by atoms with Crippen molar-refractivity contribution in [3.8, 4) is 0 Å². The SMILES string of the molecule is CCCCCCCC/C=C\CCCCCCCC[N+](O)(O)CCC.[Cl-]. The van der Waals surface area contributed by atoms with Gasteiger partial charge in [0.05, 0.1) is 0 Å². The Kier molecular flexibility index (Phi) is 21.9. The molecule has 0 aliphatic carbocycles. The summed E-state index contributed by atoms with van der Waals surface area (Å²) in [5, 5.41) is 19.2. The van der Waals surface area contributed by atoms with Gasteiger partial charge in [-0.15, -0.1) is 0 Å². The van der Waals surface area contributed by atoms with E-state index in [4.69, 9.17) is 0 Å². The van der Waals surface area contributed by atoms with Crippen molar-refractivity contribution in [2.75, 3.05) is 13.1 Å². The van der Waals surface area contributed by atoms with Gasteiger partial charge in [-0.1, -0.05) is 77.4 Å². The van der Waals surface area contributed by atoms with E-state index in [1.54, 1.807) is 0 Å². The number of unbranched alkanes of at least 4 members (excludes halogenated alkanes) is 12. The lowest BCUT2D eigenvalue weighted by atomic mass is 10.1. The molecule has 0 atom stereocenters. The Balaban J connectivity index is 0. The van der Waals surface area contributed by atoms with E-state index in [-0.39, 0.29) is 12.4 Å². The van der Waals surface area contributed by atoms with Crippen molar-refractivity contribution in [1.29, 1.82) is 0 Å². The van der Waals surface area contributed by atoms with E-state index in [0.29, 0.717) is 13.1 Å². The summed E-state index contributed by atoms with van der Waals surface area (Å²) in [5.41, 5.74) is 0. The molecule has 0 radical (unpaired) electrons. The molecule has 0 aliphatic rings. The molecule has 0 aromatic rings. The summed E-state index contributed by atoms with van der Waals surface area (Å²) in [6, 6.07) is 0. The first-order valence-corrected chi connectivity index (χ1v) is 10.6. The van der Waals surface area contributed by atoms with Crippen LogP contribution in [0.4, 0.5) is 0 Å². The van der Waals surface area contributed by atoms with Gasteiger partial charge in [-0.2, -0.15) is 10.4 Å². The predicted octanol–water partition coefficient (Wildman–Crippen LogP) is 4.03. The molecule has 0 aromatic carbocycles. The third-order valence-corrected chi connectivity index (χ3v) is 4.61. The summed E-state index contributed by atoms with van der Waals surface area (Å²) in [7, 11) is 0. The van der Waals surface area contributed by atoms with Crippen LogP contribution < -0.4 is 12.4 Å². The molecule has 0 heterocycles. The smallest absolute Gasteiger partial charge is 0.142 e. The molecular weight excluding hydrogens is 334 g/mol. The van der Waals surface area contributed by atoms with Gasteiger partial charge in [0.2, 0.25) is 0 Å². The molecule has 0 amide bonds. The first-order valence-electron chi connectivity index (χ1n) is 10.6. The van der Waals surface area contributed by atoms with Crippen LogP contribution in [0.5, 0.6) is 0 Å². The van der Waals surface area contributed by atoms with Gasteiger partial charge in [0.15, 0.2) is 0 Å². The molecule has 0 saturated heterocycles. The largest absolute Gasteiger partial charge is 1.00 e. The lowest BCUT2D eigenvalue weighted by Gasteiger charge is -2.20. The standard InChI is InChI=1S/C21H44NO2.ClH/c1-3-5-6-7-8-9-10-11-12-13-14-15-16-17-18-19-21-22(23,24)20-4-2;/h11-12,23-24H,3-10,13-21H2,1-2H3;1H/q+1;/p-1/b12-11-;. The number of nitrogens with zero attached hydrogens (tertiary/aromatic N) is 1. The Morgan fingerprint density at radius 1 is 0.560 bits per heavy atom. The van der Waals surface area contributed by atoms with Crippen LogP contribution in [-0.4, -0.2) is 28.3 Å². The molecule has 0 saturated carbocycles. The second-order valence-electron chi connectivity index (χ2n) is 7.26. The zero-order valence-electron chi connectivity index (χ0n) is 16.9. The summed E-state index contributed by atoms with van der Waals surface area (Å²) in [6.07, 6.45) is 23.4. The number of quaternary nitrogens is 1. The Morgan fingerprint density at radius 2 is 1.00 bits per heavy atom. The molecule has 0 aliphatic heterocycles. The third kappa shape index (κ3) is 21.9. The van der Waals surface area contributed by atoms with E-state index >= 15 is 0 Å². The quantitative estimate of drug-likeness (QED) is 0.164. The Bertz CT molecular complexity index is 283. The first-order chi connectivity index (χ1) is 11.6. The van der Waals surface area contributed by atoms with Crippen LogP contribution in [-0.2, 0) is 0 Å². The molecule has 0 aromatic heterocycles. The highest BCUT2D eigenvalue weighted by Crippen LogP contribution is 2.11. The molecule has 0 fully saturated rings. The zero-order valence-corrected chi connectivity index (χ0v) is 17.7. The maximum absolute atomic E-state index is 9.62. The van der Waals surface area contributed by atoms with E-state index in [0.717, 1.165) is 19.3 Å². The number of hydrogen-bond acceptors (Lipinski definition) is 2. The minimum absolute atomic E-state index is 0. The fraction of sp³-hybridized carbons (Fsp3) is 0.905. The average molecular weight is 378 g/mol. The highest BCUT2D eigenvalue weighted by atomic mass is 35.5. The highest BCUT2D eigenvalue weighted by Gasteiger charge is 2.19. The monoisotopic (exact) mass is 377 g/mol. The number of hydrogen-bond donors (Lipinski definition) is 2. The van der Waals surface area contributed by atoms with Gasteiger partial charge in [-0.05, 0) is 43.3 Å². The Labute approximate surface area is 163 Å². The second-order valence-corrected chi connectivity index (χ2v) is 7.26. The third-order valence-electron chi connectivity index (χ3n) is 4.61. The van der Waals surface area contributed by atoms with Crippen LogP contribution in [0, 0.1) is 0 Å². The number of rotatable bonds is 18. The second kappa shape index (κ2) is 20.2. The minimum atomic E-state index is -0.792. The maximum Gasteiger partial charge on any atom is 0.142 e. The van der Waals surface area contributed by atoms with Crippen molar-refractivity contribution in [3.63, 3.8) is 0 Å². The fourth-order valence-electron chi connectivity index (χ4n) is 3.08. The fourth-order valence-corrected chi connectivity index (χ4v) is 3.08. The van der Waals surface area contributed by atoms with Crippen LogP contribution in [0.3, 0.4) is 0 Å². The van der Waals surface area contributed by atoms with Crippen molar-refractivity contribution in [2.45, 2.75) is 110 Å². The van der Waals surface area contributed by atoms with E-state index in [2.05, 4.69) is 19.1 Å². The highest BCUT2D eigenvalue weighted by molar-refractivity contribution is 4.81. The molecule has 0 rings (SSSR count). The molecular formula is C21H44ClNO2. The summed E-state index contributed by atoms with van der Waals surface area (Å²) in [6.45, 7) is 5.14. The molecule has 4 heteroatoms. The van der Waals surface area contributed by atoms with Crippen LogP contribution in [0.25, 0.3) is 0 Å². The topological polar surface area (TPSA) is 40.5 Å². The van der Waals surface area contributed by atoms with Gasteiger partial charge < -0.3 is 12.4 Å². The van der Waals surface area contributed by atoms with E-state index in [9.17, 15) is 10.4 Å². The van der Waals surface area contributed by atoms with Gasteiger partial charge in [0, 0.05) is 6.42 Å². The predicted molar refractivity (Wildman–Crippen MR) is 103 cm³/mol. The Hall–Kier alpha value is -0.0900. The number of halogens is 1.